The molecule has 0 bridgehead atoms. The molecule has 0 aliphatic carbocycles. The Morgan fingerprint density at radius 2 is 0.653 bits per heavy atom. The molecule has 0 saturated carbocycles. The van der Waals surface area contributed by atoms with Crippen molar-refractivity contribution in [1.82, 2.24) is 0 Å². The Kier molecular flexibility index (Phi) is 9.67. The van der Waals surface area contributed by atoms with Gasteiger partial charge in [0.25, 0.3) is 0 Å². The highest BCUT2D eigenvalue weighted by Gasteiger charge is 2.46. The second kappa shape index (κ2) is 16.7. The predicted molar refractivity (Wildman–Crippen MR) is 308 cm³/mol. The lowest BCUT2D eigenvalue weighted by Crippen LogP contribution is -2.64. The van der Waals surface area contributed by atoms with Crippen molar-refractivity contribution in [2.75, 3.05) is 9.80 Å². The minimum Gasteiger partial charge on any atom is -0.311 e. The summed E-state index contributed by atoms with van der Waals surface area (Å²) in [6, 6.07) is 95.0. The third-order valence-electron chi connectivity index (χ3n) is 15.2. The average Bonchev–Trinajstić information content (AvgIpc) is 3.45. The van der Waals surface area contributed by atoms with Crippen LogP contribution >= 0.6 is 23.5 Å². The predicted octanol–water partition coefficient (Wildman–Crippen LogP) is 13.9. The zero-order valence-corrected chi connectivity index (χ0v) is 40.7. The lowest BCUT2D eigenvalue weighted by Gasteiger charge is -2.44. The molecule has 4 aliphatic rings. The van der Waals surface area contributed by atoms with Gasteiger partial charge in [-0.2, -0.15) is 0 Å². The summed E-state index contributed by atoms with van der Waals surface area (Å²) >= 11 is 3.86. The van der Waals surface area contributed by atoms with Gasteiger partial charge in [-0.1, -0.05) is 235 Å². The molecule has 11 aromatic carbocycles. The van der Waals surface area contributed by atoms with Gasteiger partial charge in [-0.05, 0) is 110 Å². The highest BCUT2D eigenvalue weighted by atomic mass is 32.2. The molecule has 72 heavy (non-hydrogen) atoms. The van der Waals surface area contributed by atoms with E-state index < -0.39 is 0 Å². The van der Waals surface area contributed by atoms with E-state index in [2.05, 4.69) is 265 Å². The number of nitrogens with zero attached hydrogens (tertiary/aromatic N) is 2. The second-order valence-corrected chi connectivity index (χ2v) is 21.3. The van der Waals surface area contributed by atoms with Crippen LogP contribution in [0.3, 0.4) is 0 Å². The third-order valence-corrected chi connectivity index (χ3v) is 17.4. The van der Waals surface area contributed by atoms with Crippen molar-refractivity contribution >= 4 is 104 Å². The van der Waals surface area contributed by atoms with Crippen molar-refractivity contribution in [3.8, 4) is 44.5 Å². The lowest BCUT2D eigenvalue weighted by molar-refractivity contribution is 1.25. The number of rotatable bonds is 6. The van der Waals surface area contributed by atoms with E-state index in [9.17, 15) is 0 Å². The van der Waals surface area contributed by atoms with Crippen LogP contribution in [0.1, 0.15) is 0 Å². The van der Waals surface area contributed by atoms with Crippen LogP contribution in [0.4, 0.5) is 34.1 Å². The van der Waals surface area contributed by atoms with E-state index in [4.69, 9.17) is 0 Å². The molecular formula is C66H42B2N2S2. The van der Waals surface area contributed by atoms with Gasteiger partial charge in [0.1, 0.15) is 0 Å². The summed E-state index contributed by atoms with van der Waals surface area (Å²) in [6.45, 7) is 0.0226. The van der Waals surface area contributed by atoms with Crippen LogP contribution in [-0.2, 0) is 0 Å². The van der Waals surface area contributed by atoms with Gasteiger partial charge in [-0.25, -0.2) is 0 Å². The highest BCUT2D eigenvalue weighted by Crippen LogP contribution is 2.50. The number of hydrogen-bond acceptors (Lipinski definition) is 4. The topological polar surface area (TPSA) is 6.48 Å². The van der Waals surface area contributed by atoms with Gasteiger partial charge in [0, 0.05) is 53.5 Å². The quantitative estimate of drug-likeness (QED) is 0.153. The molecule has 6 heteroatoms. The Morgan fingerprint density at radius 3 is 1.21 bits per heavy atom. The fourth-order valence-corrected chi connectivity index (χ4v) is 14.5. The van der Waals surface area contributed by atoms with Crippen molar-refractivity contribution in [3.05, 3.63) is 255 Å². The van der Waals surface area contributed by atoms with E-state index in [0.29, 0.717) is 0 Å². The summed E-state index contributed by atoms with van der Waals surface area (Å²) in [5.74, 6) is 0. The second-order valence-electron chi connectivity index (χ2n) is 19.1. The summed E-state index contributed by atoms with van der Waals surface area (Å²) < 4.78 is 0. The largest absolute Gasteiger partial charge is 0.311 e. The van der Waals surface area contributed by atoms with Crippen molar-refractivity contribution < 1.29 is 0 Å². The van der Waals surface area contributed by atoms with Gasteiger partial charge in [-0.3, -0.25) is 0 Å². The molecule has 0 amide bonds. The Morgan fingerprint density at radius 1 is 0.236 bits per heavy atom. The van der Waals surface area contributed by atoms with Crippen molar-refractivity contribution in [2.24, 2.45) is 0 Å². The van der Waals surface area contributed by atoms with Crippen LogP contribution in [0.5, 0.6) is 0 Å². The monoisotopic (exact) mass is 948 g/mol. The summed E-state index contributed by atoms with van der Waals surface area (Å²) in [5, 5.41) is 0. The van der Waals surface area contributed by atoms with Gasteiger partial charge in [0.15, 0.2) is 0 Å². The Bertz CT molecular complexity index is 3960. The first-order valence-corrected chi connectivity index (χ1v) is 26.4. The molecule has 11 aromatic rings. The summed E-state index contributed by atoms with van der Waals surface area (Å²) in [6.07, 6.45) is 0. The standard InChI is InChI=1S/C66H42B2N2S2/c1-5-21-43(22-6-1)47-37-59-65-64(40-47)72-62-42-58-53(41-54(62)67(65)51-31-15-19-35-57(51)69(59)55-33-17-13-29-49(55)45-25-9-3-10-26-45)68-52-32-16-20-36-61(52)71-63-39-48(44-23-7-2-8-24-44)38-60(66(63)68)70(58)56-34-18-14-30-50(56)46-27-11-4-12-28-46/h1-42H. The zero-order chi connectivity index (χ0) is 47.3. The van der Waals surface area contributed by atoms with Gasteiger partial charge >= 0.3 is 0 Å². The van der Waals surface area contributed by atoms with Crippen LogP contribution in [0, 0.1) is 0 Å². The molecular weight excluding hydrogens is 906 g/mol. The molecule has 0 unspecified atom stereocenters. The molecule has 0 N–H and O–H groups in total. The van der Waals surface area contributed by atoms with Crippen LogP contribution in [0.2, 0.25) is 0 Å². The van der Waals surface area contributed by atoms with Gasteiger partial charge in [0.2, 0.25) is 13.4 Å². The minimum absolute atomic E-state index is 0.00250. The Labute approximate surface area is 429 Å². The van der Waals surface area contributed by atoms with E-state index in [1.165, 1.54) is 131 Å². The molecule has 4 aliphatic heterocycles. The van der Waals surface area contributed by atoms with Gasteiger partial charge < -0.3 is 9.80 Å². The molecule has 0 atom stereocenters. The van der Waals surface area contributed by atoms with Gasteiger partial charge in [0.05, 0.1) is 11.4 Å². The maximum absolute atomic E-state index is 2.64. The van der Waals surface area contributed by atoms with E-state index in [-0.39, 0.29) is 13.4 Å². The highest BCUT2D eigenvalue weighted by molar-refractivity contribution is 8.00. The fourth-order valence-electron chi connectivity index (χ4n) is 12.1. The maximum Gasteiger partial charge on any atom is 0.249 e. The lowest BCUT2D eigenvalue weighted by atomic mass is 9.31. The smallest absolute Gasteiger partial charge is 0.249 e. The first-order valence-electron chi connectivity index (χ1n) is 24.8. The summed E-state index contributed by atoms with van der Waals surface area (Å²) in [5.41, 5.74) is 25.0. The fraction of sp³-hybridized carbons (Fsp3) is 0. The molecule has 0 fully saturated rings. The number of hydrogen-bond donors (Lipinski definition) is 0. The number of para-hydroxylation sites is 3. The normalized spacial score (nSPS) is 13.3. The minimum atomic E-state index is -0.00250. The van der Waals surface area contributed by atoms with Crippen LogP contribution in [-0.4, -0.2) is 13.4 Å². The van der Waals surface area contributed by atoms with Gasteiger partial charge in [-0.15, -0.1) is 0 Å². The number of fused-ring (bicyclic) bond motifs is 8. The van der Waals surface area contributed by atoms with E-state index in [0.717, 1.165) is 0 Å². The summed E-state index contributed by atoms with van der Waals surface area (Å²) in [4.78, 5) is 10.4. The van der Waals surface area contributed by atoms with Crippen molar-refractivity contribution in [1.29, 1.82) is 0 Å². The van der Waals surface area contributed by atoms with Crippen molar-refractivity contribution in [3.63, 3.8) is 0 Å². The molecule has 15 rings (SSSR count). The first kappa shape index (κ1) is 41.6. The van der Waals surface area contributed by atoms with E-state index in [1.54, 1.807) is 0 Å². The SMILES string of the molecule is c1ccc(-c2cc3c4c(c2)N(c2ccccc2-c2ccccc2)c2ccccc2B4c2cc4c(cc2S3)N(c2ccccc2-c2ccccc2)c2cc(-c3ccccc3)cc3c2B4c2ccccc2S3)cc1. The summed E-state index contributed by atoms with van der Waals surface area (Å²) in [7, 11) is 0. The molecule has 334 valence electrons. The Balaban J connectivity index is 1.02. The maximum atomic E-state index is 2.64. The van der Waals surface area contributed by atoms with E-state index in [1.807, 2.05) is 23.5 Å². The Hall–Kier alpha value is -8.15. The first-order chi connectivity index (χ1) is 35.7. The molecule has 0 spiro atoms. The molecule has 2 nitrogen and oxygen atoms in total. The van der Waals surface area contributed by atoms with Crippen LogP contribution < -0.4 is 42.6 Å². The van der Waals surface area contributed by atoms with Crippen LogP contribution in [0.25, 0.3) is 44.5 Å². The van der Waals surface area contributed by atoms with E-state index >= 15 is 0 Å². The number of benzene rings is 11. The van der Waals surface area contributed by atoms with Crippen molar-refractivity contribution in [2.45, 2.75) is 19.6 Å². The molecule has 0 saturated heterocycles. The molecule has 0 aromatic heterocycles. The van der Waals surface area contributed by atoms with Crippen LogP contribution in [0.15, 0.2) is 274 Å². The molecule has 4 heterocycles. The average molecular weight is 949 g/mol. The zero-order valence-electron chi connectivity index (χ0n) is 39.1. The third kappa shape index (κ3) is 6.49. The molecule has 0 radical (unpaired) electrons. The number of anilines is 6.